The number of carbonyl (C=O) groups excluding carboxylic acids is 1. The Morgan fingerprint density at radius 2 is 1.87 bits per heavy atom. The Morgan fingerprint density at radius 3 is 2.48 bits per heavy atom. The van der Waals surface area contributed by atoms with Crippen molar-refractivity contribution in [1.29, 1.82) is 0 Å². The first-order valence-electron chi connectivity index (χ1n) is 8.98. The summed E-state index contributed by atoms with van der Waals surface area (Å²) >= 11 is 17.8. The van der Waals surface area contributed by atoms with Gasteiger partial charge in [-0.1, -0.05) is 48.7 Å². The zero-order chi connectivity index (χ0) is 22.9. The van der Waals surface area contributed by atoms with Crippen LogP contribution in [0.4, 0.5) is 13.2 Å². The number of benzene rings is 1. The molecule has 166 valence electrons. The third-order valence-corrected chi connectivity index (χ3v) is 5.10. The van der Waals surface area contributed by atoms with E-state index >= 15 is 0 Å². The molecule has 0 N–H and O–H groups in total. The molecule has 0 spiro atoms. The molecular formula is C20H16Cl3F3N2O3. The smallest absolute Gasteiger partial charge is 0.417 e. The van der Waals surface area contributed by atoms with Gasteiger partial charge in [-0.15, -0.1) is 0 Å². The molecule has 0 unspecified atom stereocenters. The number of hydrogen-bond donors (Lipinski definition) is 0. The molecule has 1 aromatic carbocycles. The summed E-state index contributed by atoms with van der Waals surface area (Å²) in [5.41, 5.74) is -0.0360. The van der Waals surface area contributed by atoms with E-state index in [-0.39, 0.29) is 39.7 Å². The largest absolute Gasteiger partial charge is 0.480 e. The molecule has 0 fully saturated rings. The van der Waals surface area contributed by atoms with E-state index < -0.39 is 24.3 Å². The van der Waals surface area contributed by atoms with E-state index in [0.717, 1.165) is 12.3 Å². The maximum Gasteiger partial charge on any atom is 0.417 e. The van der Waals surface area contributed by atoms with Gasteiger partial charge < -0.3 is 9.47 Å². The van der Waals surface area contributed by atoms with Gasteiger partial charge in [-0.05, 0) is 30.2 Å². The quantitative estimate of drug-likeness (QED) is 0.364. The van der Waals surface area contributed by atoms with Crippen LogP contribution in [-0.4, -0.2) is 22.0 Å². The van der Waals surface area contributed by atoms with Crippen LogP contribution in [0.5, 0.6) is 5.75 Å². The van der Waals surface area contributed by atoms with Crippen LogP contribution in [0.15, 0.2) is 30.5 Å². The molecule has 5 nitrogen and oxygen atoms in total. The Labute approximate surface area is 190 Å². The van der Waals surface area contributed by atoms with Gasteiger partial charge in [0, 0.05) is 11.2 Å². The second-order valence-corrected chi connectivity index (χ2v) is 8.14. The summed E-state index contributed by atoms with van der Waals surface area (Å²) in [6.45, 7) is 2.86. The predicted octanol–water partition coefficient (Wildman–Crippen LogP) is 6.56. The molecule has 11 heteroatoms. The standard InChI is InChI=1S/C20H16Cl3F3N2O3/c1-10(2)18-15(28-7-11(20(24,25)26)5-14(23)19(28)27-18)8-31-17(29)9-30-16-4-3-12(21)6-13(16)22/h3-7,10H,8-9H2,1-2H3. The Kier molecular flexibility index (Phi) is 6.93. The Bertz CT molecular complexity index is 1130. The van der Waals surface area contributed by atoms with Crippen molar-refractivity contribution in [3.8, 4) is 5.75 Å². The number of rotatable bonds is 6. The second-order valence-electron chi connectivity index (χ2n) is 6.89. The van der Waals surface area contributed by atoms with Crippen molar-refractivity contribution < 1.29 is 27.4 Å². The zero-order valence-electron chi connectivity index (χ0n) is 16.3. The van der Waals surface area contributed by atoms with E-state index in [9.17, 15) is 18.0 Å². The lowest BCUT2D eigenvalue weighted by molar-refractivity contribution is -0.147. The lowest BCUT2D eigenvalue weighted by Gasteiger charge is -2.12. The molecule has 0 saturated heterocycles. The van der Waals surface area contributed by atoms with Crippen LogP contribution in [0.1, 0.15) is 36.7 Å². The summed E-state index contributed by atoms with van der Waals surface area (Å²) in [5, 5.41) is 0.471. The summed E-state index contributed by atoms with van der Waals surface area (Å²) in [6.07, 6.45) is -3.72. The SMILES string of the molecule is CC(C)c1nc2c(Cl)cc(C(F)(F)F)cn2c1COC(=O)COc1ccc(Cl)cc1Cl. The van der Waals surface area contributed by atoms with Crippen molar-refractivity contribution in [2.24, 2.45) is 0 Å². The van der Waals surface area contributed by atoms with Gasteiger partial charge in [-0.25, -0.2) is 9.78 Å². The van der Waals surface area contributed by atoms with Gasteiger partial charge in [0.05, 0.1) is 27.0 Å². The fourth-order valence-electron chi connectivity index (χ4n) is 2.85. The number of pyridine rings is 1. The number of carbonyl (C=O) groups is 1. The van der Waals surface area contributed by atoms with Crippen molar-refractivity contribution in [2.75, 3.05) is 6.61 Å². The first-order valence-corrected chi connectivity index (χ1v) is 10.1. The maximum absolute atomic E-state index is 13.2. The van der Waals surface area contributed by atoms with E-state index in [1.54, 1.807) is 6.07 Å². The minimum atomic E-state index is -4.60. The fraction of sp³-hybridized carbons (Fsp3) is 0.300. The molecule has 0 radical (unpaired) electrons. The Hall–Kier alpha value is -2.16. The fourth-order valence-corrected chi connectivity index (χ4v) is 3.56. The molecule has 0 aliphatic heterocycles. The number of ether oxygens (including phenoxy) is 2. The second kappa shape index (κ2) is 9.14. The van der Waals surface area contributed by atoms with Gasteiger partial charge in [-0.2, -0.15) is 13.2 Å². The highest BCUT2D eigenvalue weighted by Crippen LogP contribution is 2.34. The molecule has 0 saturated carbocycles. The van der Waals surface area contributed by atoms with E-state index in [0.29, 0.717) is 10.7 Å². The van der Waals surface area contributed by atoms with Gasteiger partial charge in [0.15, 0.2) is 12.3 Å². The number of halogens is 6. The zero-order valence-corrected chi connectivity index (χ0v) is 18.5. The van der Waals surface area contributed by atoms with Gasteiger partial charge >= 0.3 is 12.1 Å². The molecule has 0 bridgehead atoms. The number of aromatic nitrogens is 2. The van der Waals surface area contributed by atoms with Crippen LogP contribution in [-0.2, 0) is 22.3 Å². The predicted molar refractivity (Wildman–Crippen MR) is 111 cm³/mol. The number of nitrogens with zero attached hydrogens (tertiary/aromatic N) is 2. The average molecular weight is 496 g/mol. The Balaban J connectivity index is 1.81. The van der Waals surface area contributed by atoms with Crippen LogP contribution in [0.3, 0.4) is 0 Å². The van der Waals surface area contributed by atoms with Crippen molar-refractivity contribution >= 4 is 46.4 Å². The van der Waals surface area contributed by atoms with Crippen LogP contribution >= 0.6 is 34.8 Å². The lowest BCUT2D eigenvalue weighted by atomic mass is 10.1. The van der Waals surface area contributed by atoms with E-state index in [1.165, 1.54) is 16.5 Å². The highest BCUT2D eigenvalue weighted by atomic mass is 35.5. The van der Waals surface area contributed by atoms with E-state index in [4.69, 9.17) is 44.3 Å². The molecule has 0 aliphatic carbocycles. The third-order valence-electron chi connectivity index (χ3n) is 4.29. The van der Waals surface area contributed by atoms with Crippen molar-refractivity contribution in [3.63, 3.8) is 0 Å². The molecule has 0 aliphatic rings. The van der Waals surface area contributed by atoms with Crippen LogP contribution in [0, 0.1) is 0 Å². The first kappa shape index (κ1) is 23.5. The molecule has 0 amide bonds. The molecule has 3 rings (SSSR count). The normalized spacial score (nSPS) is 11.9. The Morgan fingerprint density at radius 1 is 1.16 bits per heavy atom. The third kappa shape index (κ3) is 5.37. The van der Waals surface area contributed by atoms with Gasteiger partial charge in [0.1, 0.15) is 12.4 Å². The van der Waals surface area contributed by atoms with E-state index in [2.05, 4.69) is 4.98 Å². The minimum Gasteiger partial charge on any atom is -0.480 e. The number of fused-ring (bicyclic) bond motifs is 1. The van der Waals surface area contributed by atoms with Crippen LogP contribution < -0.4 is 4.74 Å². The summed E-state index contributed by atoms with van der Waals surface area (Å²) in [6, 6.07) is 5.32. The number of imidazole rings is 1. The highest BCUT2D eigenvalue weighted by molar-refractivity contribution is 6.35. The van der Waals surface area contributed by atoms with Crippen LogP contribution in [0.2, 0.25) is 15.1 Å². The van der Waals surface area contributed by atoms with Gasteiger partial charge in [-0.3, -0.25) is 4.40 Å². The number of alkyl halides is 3. The summed E-state index contributed by atoms with van der Waals surface area (Å²) in [7, 11) is 0. The van der Waals surface area contributed by atoms with Crippen molar-refractivity contribution in [1.82, 2.24) is 9.38 Å². The first-order chi connectivity index (χ1) is 14.5. The topological polar surface area (TPSA) is 52.8 Å². The molecule has 2 aromatic heterocycles. The van der Waals surface area contributed by atoms with Crippen LogP contribution in [0.25, 0.3) is 5.65 Å². The maximum atomic E-state index is 13.2. The number of esters is 1. The highest BCUT2D eigenvalue weighted by Gasteiger charge is 2.32. The van der Waals surface area contributed by atoms with Crippen molar-refractivity contribution in [2.45, 2.75) is 32.5 Å². The molecular weight excluding hydrogens is 480 g/mol. The van der Waals surface area contributed by atoms with Gasteiger partial charge in [0.25, 0.3) is 0 Å². The average Bonchev–Trinajstić information content (AvgIpc) is 3.04. The summed E-state index contributed by atoms with van der Waals surface area (Å²) in [5.74, 6) is -0.654. The van der Waals surface area contributed by atoms with Gasteiger partial charge in [0.2, 0.25) is 0 Å². The lowest BCUT2D eigenvalue weighted by Crippen LogP contribution is -2.16. The van der Waals surface area contributed by atoms with E-state index in [1.807, 2.05) is 13.8 Å². The molecule has 3 aromatic rings. The molecule has 2 heterocycles. The summed E-state index contributed by atoms with van der Waals surface area (Å²) in [4.78, 5) is 16.5. The molecule has 0 atom stereocenters. The number of hydrogen-bond acceptors (Lipinski definition) is 4. The summed E-state index contributed by atoms with van der Waals surface area (Å²) < 4.78 is 51.4. The minimum absolute atomic E-state index is 0.147. The molecule has 31 heavy (non-hydrogen) atoms. The van der Waals surface area contributed by atoms with Crippen molar-refractivity contribution in [3.05, 3.63) is 62.5 Å². The monoisotopic (exact) mass is 494 g/mol.